The van der Waals surface area contributed by atoms with Crippen molar-refractivity contribution in [3.8, 4) is 11.5 Å². The van der Waals surface area contributed by atoms with Gasteiger partial charge in [-0.3, -0.25) is 0 Å². The Bertz CT molecular complexity index is 557. The average Bonchev–Trinajstić information content (AvgIpc) is 2.85. The number of aryl methyl sites for hydroxylation is 1. The van der Waals surface area contributed by atoms with Gasteiger partial charge in [0.15, 0.2) is 11.5 Å². The minimum Gasteiger partial charge on any atom is -0.493 e. The SMILES string of the molecule is COc1cc(C)ccc1OCCNCc1cc(Br)cs1. The molecular formula is C15H18BrNO2S. The summed E-state index contributed by atoms with van der Waals surface area (Å²) in [5.41, 5.74) is 1.16. The fraction of sp³-hybridized carbons (Fsp3) is 0.333. The first-order valence-electron chi connectivity index (χ1n) is 6.40. The Kier molecular flexibility index (Phi) is 5.88. The standard InChI is InChI=1S/C15H18BrNO2S/c1-11-3-4-14(15(7-11)18-2)19-6-5-17-9-13-8-12(16)10-20-13/h3-4,7-8,10,17H,5-6,9H2,1-2H3. The van der Waals surface area contributed by atoms with Crippen LogP contribution in [-0.2, 0) is 6.54 Å². The fourth-order valence-electron chi connectivity index (χ4n) is 1.79. The Morgan fingerprint density at radius 3 is 2.80 bits per heavy atom. The second-order valence-electron chi connectivity index (χ2n) is 4.41. The molecule has 20 heavy (non-hydrogen) atoms. The van der Waals surface area contributed by atoms with Gasteiger partial charge >= 0.3 is 0 Å². The van der Waals surface area contributed by atoms with Crippen LogP contribution in [0, 0.1) is 6.92 Å². The lowest BCUT2D eigenvalue weighted by atomic mass is 10.2. The van der Waals surface area contributed by atoms with Crippen LogP contribution in [0.5, 0.6) is 11.5 Å². The van der Waals surface area contributed by atoms with Crippen molar-refractivity contribution < 1.29 is 9.47 Å². The van der Waals surface area contributed by atoms with Crippen LogP contribution in [0.4, 0.5) is 0 Å². The van der Waals surface area contributed by atoms with Gasteiger partial charge in [-0.1, -0.05) is 6.07 Å². The van der Waals surface area contributed by atoms with Crippen molar-refractivity contribution in [3.63, 3.8) is 0 Å². The monoisotopic (exact) mass is 355 g/mol. The van der Waals surface area contributed by atoms with Gasteiger partial charge in [0.2, 0.25) is 0 Å². The summed E-state index contributed by atoms with van der Waals surface area (Å²) in [6, 6.07) is 8.08. The van der Waals surface area contributed by atoms with E-state index in [1.54, 1.807) is 18.4 Å². The molecule has 0 unspecified atom stereocenters. The molecule has 1 heterocycles. The Morgan fingerprint density at radius 1 is 1.25 bits per heavy atom. The van der Waals surface area contributed by atoms with Crippen LogP contribution in [0.3, 0.4) is 0 Å². The highest BCUT2D eigenvalue weighted by Crippen LogP contribution is 2.27. The molecule has 0 aliphatic heterocycles. The van der Waals surface area contributed by atoms with Crippen LogP contribution < -0.4 is 14.8 Å². The van der Waals surface area contributed by atoms with Gasteiger partial charge in [-0.2, -0.15) is 0 Å². The first kappa shape index (κ1) is 15.4. The molecule has 108 valence electrons. The number of hydrogen-bond acceptors (Lipinski definition) is 4. The van der Waals surface area contributed by atoms with Crippen molar-refractivity contribution in [1.82, 2.24) is 5.32 Å². The molecule has 5 heteroatoms. The van der Waals surface area contributed by atoms with Gasteiger partial charge in [0, 0.05) is 27.8 Å². The number of benzene rings is 1. The molecule has 2 aromatic rings. The maximum Gasteiger partial charge on any atom is 0.161 e. The van der Waals surface area contributed by atoms with E-state index in [1.807, 2.05) is 25.1 Å². The van der Waals surface area contributed by atoms with E-state index in [9.17, 15) is 0 Å². The molecule has 1 aromatic carbocycles. The number of hydrogen-bond donors (Lipinski definition) is 1. The van der Waals surface area contributed by atoms with Gasteiger partial charge in [-0.25, -0.2) is 0 Å². The molecule has 0 spiro atoms. The number of nitrogens with one attached hydrogen (secondary N) is 1. The third-order valence-corrected chi connectivity index (χ3v) is 4.47. The molecular weight excluding hydrogens is 338 g/mol. The van der Waals surface area contributed by atoms with Crippen LogP contribution in [-0.4, -0.2) is 20.3 Å². The lowest BCUT2D eigenvalue weighted by molar-refractivity contribution is 0.292. The molecule has 0 fully saturated rings. The Balaban J connectivity index is 1.73. The largest absolute Gasteiger partial charge is 0.493 e. The summed E-state index contributed by atoms with van der Waals surface area (Å²) in [6.07, 6.45) is 0. The number of ether oxygens (including phenoxy) is 2. The minimum absolute atomic E-state index is 0.617. The van der Waals surface area contributed by atoms with Crippen LogP contribution >= 0.6 is 27.3 Å². The maximum atomic E-state index is 5.73. The molecule has 0 bridgehead atoms. The van der Waals surface area contributed by atoms with Crippen molar-refractivity contribution in [1.29, 1.82) is 0 Å². The van der Waals surface area contributed by atoms with Crippen LogP contribution in [0.25, 0.3) is 0 Å². The van der Waals surface area contributed by atoms with Gasteiger partial charge in [0.25, 0.3) is 0 Å². The van der Waals surface area contributed by atoms with E-state index in [0.29, 0.717) is 6.61 Å². The smallest absolute Gasteiger partial charge is 0.161 e. The van der Waals surface area contributed by atoms with E-state index in [2.05, 4.69) is 32.7 Å². The third-order valence-electron chi connectivity index (χ3n) is 2.78. The Morgan fingerprint density at radius 2 is 2.10 bits per heavy atom. The zero-order valence-electron chi connectivity index (χ0n) is 11.6. The van der Waals surface area contributed by atoms with Crippen molar-refractivity contribution in [3.05, 3.63) is 44.6 Å². The molecule has 1 N–H and O–H groups in total. The second kappa shape index (κ2) is 7.67. The van der Waals surface area contributed by atoms with Gasteiger partial charge in [0.1, 0.15) is 6.61 Å². The lowest BCUT2D eigenvalue weighted by Crippen LogP contribution is -2.20. The molecule has 0 saturated carbocycles. The fourth-order valence-corrected chi connectivity index (χ4v) is 3.21. The summed E-state index contributed by atoms with van der Waals surface area (Å²) < 4.78 is 12.2. The van der Waals surface area contributed by atoms with E-state index >= 15 is 0 Å². The first-order chi connectivity index (χ1) is 9.69. The summed E-state index contributed by atoms with van der Waals surface area (Å²) in [5.74, 6) is 1.57. The Labute approximate surface area is 132 Å². The number of thiophene rings is 1. The van der Waals surface area contributed by atoms with E-state index in [1.165, 1.54) is 4.88 Å². The number of rotatable bonds is 7. The first-order valence-corrected chi connectivity index (χ1v) is 8.07. The van der Waals surface area contributed by atoms with E-state index in [4.69, 9.17) is 9.47 Å². The zero-order chi connectivity index (χ0) is 14.4. The van der Waals surface area contributed by atoms with Gasteiger partial charge < -0.3 is 14.8 Å². The van der Waals surface area contributed by atoms with Crippen LogP contribution in [0.1, 0.15) is 10.4 Å². The predicted molar refractivity (Wildman–Crippen MR) is 87.0 cm³/mol. The molecule has 0 amide bonds. The van der Waals surface area contributed by atoms with Crippen LogP contribution in [0.2, 0.25) is 0 Å². The van der Waals surface area contributed by atoms with E-state index in [-0.39, 0.29) is 0 Å². The van der Waals surface area contributed by atoms with E-state index in [0.717, 1.165) is 34.6 Å². The highest BCUT2D eigenvalue weighted by atomic mass is 79.9. The van der Waals surface area contributed by atoms with Gasteiger partial charge in [-0.15, -0.1) is 11.3 Å². The van der Waals surface area contributed by atoms with Gasteiger partial charge in [-0.05, 0) is 46.6 Å². The maximum absolute atomic E-state index is 5.73. The van der Waals surface area contributed by atoms with Crippen LogP contribution in [0.15, 0.2) is 34.1 Å². The topological polar surface area (TPSA) is 30.5 Å². The van der Waals surface area contributed by atoms with Crippen molar-refractivity contribution >= 4 is 27.3 Å². The number of methoxy groups -OCH3 is 1. The number of halogens is 1. The van der Waals surface area contributed by atoms with Crippen molar-refractivity contribution in [2.75, 3.05) is 20.3 Å². The van der Waals surface area contributed by atoms with Crippen molar-refractivity contribution in [2.45, 2.75) is 13.5 Å². The quantitative estimate of drug-likeness (QED) is 0.761. The summed E-state index contributed by atoms with van der Waals surface area (Å²) in [4.78, 5) is 1.31. The molecule has 3 nitrogen and oxygen atoms in total. The molecule has 0 saturated heterocycles. The summed E-state index contributed by atoms with van der Waals surface area (Å²) in [5, 5.41) is 5.45. The zero-order valence-corrected chi connectivity index (χ0v) is 14.0. The molecule has 2 rings (SSSR count). The molecule has 0 aliphatic carbocycles. The molecule has 1 aromatic heterocycles. The second-order valence-corrected chi connectivity index (χ2v) is 6.32. The third kappa shape index (κ3) is 4.51. The normalized spacial score (nSPS) is 10.6. The molecule has 0 aliphatic rings. The molecule has 0 atom stereocenters. The van der Waals surface area contributed by atoms with Gasteiger partial charge in [0.05, 0.1) is 7.11 Å². The Hall–Kier alpha value is -1.04. The average molecular weight is 356 g/mol. The van der Waals surface area contributed by atoms with Crippen molar-refractivity contribution in [2.24, 2.45) is 0 Å². The summed E-state index contributed by atoms with van der Waals surface area (Å²) in [6.45, 7) is 4.32. The minimum atomic E-state index is 0.617. The van der Waals surface area contributed by atoms with E-state index < -0.39 is 0 Å². The lowest BCUT2D eigenvalue weighted by Gasteiger charge is -2.11. The summed E-state index contributed by atoms with van der Waals surface area (Å²) >= 11 is 5.19. The summed E-state index contributed by atoms with van der Waals surface area (Å²) in [7, 11) is 1.66. The highest BCUT2D eigenvalue weighted by molar-refractivity contribution is 9.10. The highest BCUT2D eigenvalue weighted by Gasteiger charge is 2.04. The molecule has 0 radical (unpaired) electrons. The predicted octanol–water partition coefficient (Wildman–Crippen LogP) is 4.00.